The maximum Gasteiger partial charge on any atom is 0.338 e. The molecule has 1 atom stereocenters. The van der Waals surface area contributed by atoms with Crippen LogP contribution in [0.4, 0.5) is 0 Å². The summed E-state index contributed by atoms with van der Waals surface area (Å²) in [5, 5.41) is 2.71. The molecule has 1 amide bonds. The molecule has 0 N–H and O–H groups in total. The third-order valence-electron chi connectivity index (χ3n) is 6.48. The van der Waals surface area contributed by atoms with E-state index in [4.69, 9.17) is 14.2 Å². The van der Waals surface area contributed by atoms with Gasteiger partial charge in [0.15, 0.2) is 5.17 Å². The fourth-order valence-corrected chi connectivity index (χ4v) is 5.54. The molecule has 0 unspecified atom stereocenters. The molecule has 10 heteroatoms. The second kappa shape index (κ2) is 11.3. The van der Waals surface area contributed by atoms with Crippen LogP contribution in [0.15, 0.2) is 51.6 Å². The van der Waals surface area contributed by atoms with Crippen LogP contribution in [0.25, 0.3) is 0 Å². The standard InChI is InChI=1S/C25H32N4O5S/c1-17-22(24(31)34-4)23(18-6-5-7-20(14-18)33-3)29-19(16-35-25(29)26-17)15-21(30)28-10-8-27(9-11-28)12-13-32-2/h5-7,14,16,23H,8-13,15H2,1-4H3/t23-/m1/s1. The van der Waals surface area contributed by atoms with Crippen molar-refractivity contribution in [3.63, 3.8) is 0 Å². The monoisotopic (exact) mass is 500 g/mol. The van der Waals surface area contributed by atoms with Gasteiger partial charge in [-0.05, 0) is 30.0 Å². The molecule has 1 saturated heterocycles. The van der Waals surface area contributed by atoms with Crippen molar-refractivity contribution >= 4 is 28.8 Å². The Labute approximate surface area is 210 Å². The minimum absolute atomic E-state index is 0.0692. The molecule has 3 aliphatic rings. The smallest absolute Gasteiger partial charge is 0.338 e. The largest absolute Gasteiger partial charge is 0.497 e. The Balaban J connectivity index is 1.57. The number of fused-ring (bicyclic) bond motifs is 1. The zero-order chi connectivity index (χ0) is 24.9. The number of esters is 1. The maximum atomic E-state index is 13.3. The van der Waals surface area contributed by atoms with Crippen LogP contribution in [0.3, 0.4) is 0 Å². The number of aliphatic imine (C=N–C) groups is 1. The number of carbonyl (C=O) groups excluding carboxylic acids is 2. The van der Waals surface area contributed by atoms with E-state index in [-0.39, 0.29) is 12.3 Å². The number of ether oxygens (including phenoxy) is 3. The van der Waals surface area contributed by atoms with E-state index in [9.17, 15) is 9.59 Å². The van der Waals surface area contributed by atoms with Gasteiger partial charge in [0.2, 0.25) is 5.91 Å². The second-order valence-corrected chi connectivity index (χ2v) is 9.39. The van der Waals surface area contributed by atoms with Crippen molar-refractivity contribution in [1.29, 1.82) is 0 Å². The van der Waals surface area contributed by atoms with Crippen LogP contribution in [0.5, 0.6) is 5.75 Å². The summed E-state index contributed by atoms with van der Waals surface area (Å²) in [4.78, 5) is 37.0. The topological polar surface area (TPSA) is 83.9 Å². The number of piperazine rings is 1. The van der Waals surface area contributed by atoms with Crippen LogP contribution in [0, 0.1) is 0 Å². The molecular formula is C25H32N4O5S. The molecule has 1 aromatic carbocycles. The first-order valence-corrected chi connectivity index (χ1v) is 12.5. The summed E-state index contributed by atoms with van der Waals surface area (Å²) < 4.78 is 15.7. The molecule has 0 spiro atoms. The van der Waals surface area contributed by atoms with E-state index in [1.807, 2.05) is 46.4 Å². The summed E-state index contributed by atoms with van der Waals surface area (Å²) in [7, 11) is 4.68. The Bertz CT molecular complexity index is 1060. The second-order valence-electron chi connectivity index (χ2n) is 8.55. The number of methoxy groups -OCH3 is 3. The van der Waals surface area contributed by atoms with Crippen LogP contribution >= 0.6 is 11.8 Å². The van der Waals surface area contributed by atoms with E-state index in [0.29, 0.717) is 36.7 Å². The fourth-order valence-electron chi connectivity index (χ4n) is 4.58. The number of hydrogen-bond acceptors (Lipinski definition) is 9. The highest BCUT2D eigenvalue weighted by atomic mass is 32.2. The quantitative estimate of drug-likeness (QED) is 0.504. The number of rotatable bonds is 8. The predicted octanol–water partition coefficient (Wildman–Crippen LogP) is 2.62. The van der Waals surface area contributed by atoms with Gasteiger partial charge in [-0.2, -0.15) is 0 Å². The maximum absolute atomic E-state index is 13.3. The third-order valence-corrected chi connectivity index (χ3v) is 7.37. The molecule has 0 bridgehead atoms. The summed E-state index contributed by atoms with van der Waals surface area (Å²) in [6.07, 6.45) is 0.234. The minimum atomic E-state index is -0.468. The van der Waals surface area contributed by atoms with Crippen molar-refractivity contribution in [1.82, 2.24) is 14.7 Å². The average molecular weight is 501 g/mol. The van der Waals surface area contributed by atoms with Crippen molar-refractivity contribution in [2.75, 3.05) is 60.7 Å². The van der Waals surface area contributed by atoms with Gasteiger partial charge in [0.05, 0.1) is 44.6 Å². The van der Waals surface area contributed by atoms with Gasteiger partial charge in [-0.15, -0.1) is 0 Å². The Hall–Kier alpha value is -2.82. The van der Waals surface area contributed by atoms with Gasteiger partial charge in [0.25, 0.3) is 0 Å². The lowest BCUT2D eigenvalue weighted by molar-refractivity contribution is -0.136. The number of carbonyl (C=O) groups is 2. The highest BCUT2D eigenvalue weighted by molar-refractivity contribution is 8.16. The van der Waals surface area contributed by atoms with Crippen LogP contribution in [0.1, 0.15) is 24.9 Å². The Morgan fingerprint density at radius 2 is 1.91 bits per heavy atom. The summed E-state index contributed by atoms with van der Waals surface area (Å²) >= 11 is 1.47. The van der Waals surface area contributed by atoms with Crippen molar-refractivity contribution in [2.45, 2.75) is 19.4 Å². The average Bonchev–Trinajstić information content (AvgIpc) is 3.28. The summed E-state index contributed by atoms with van der Waals surface area (Å²) in [6.45, 7) is 6.43. The van der Waals surface area contributed by atoms with Gasteiger partial charge in [-0.1, -0.05) is 23.9 Å². The van der Waals surface area contributed by atoms with Gasteiger partial charge in [-0.3, -0.25) is 9.69 Å². The number of benzene rings is 1. The van der Waals surface area contributed by atoms with E-state index in [1.165, 1.54) is 18.9 Å². The normalized spacial score (nSPS) is 20.4. The summed E-state index contributed by atoms with van der Waals surface area (Å²) in [6, 6.07) is 7.15. The van der Waals surface area contributed by atoms with E-state index >= 15 is 0 Å². The first-order valence-electron chi connectivity index (χ1n) is 11.6. The Morgan fingerprint density at radius 1 is 1.14 bits per heavy atom. The molecule has 1 aromatic rings. The molecular weight excluding hydrogens is 468 g/mol. The minimum Gasteiger partial charge on any atom is -0.497 e. The van der Waals surface area contributed by atoms with Crippen molar-refractivity contribution in [3.8, 4) is 5.75 Å². The lowest BCUT2D eigenvalue weighted by atomic mass is 9.93. The molecule has 0 aliphatic carbocycles. The molecule has 188 valence electrons. The highest BCUT2D eigenvalue weighted by Gasteiger charge is 2.41. The Morgan fingerprint density at radius 3 is 2.60 bits per heavy atom. The van der Waals surface area contributed by atoms with Crippen LogP contribution < -0.4 is 4.74 Å². The third kappa shape index (κ3) is 5.39. The van der Waals surface area contributed by atoms with Gasteiger partial charge in [-0.25, -0.2) is 9.79 Å². The SMILES string of the molecule is COCCN1CCN(C(=O)CC2=CSC3=NC(C)=C(C(=O)OC)[C@@H](c4cccc(OC)c4)N23)CC1. The molecule has 0 aromatic heterocycles. The first kappa shape index (κ1) is 25.3. The molecule has 9 nitrogen and oxygen atoms in total. The number of allylic oxidation sites excluding steroid dienone is 1. The van der Waals surface area contributed by atoms with Gasteiger partial charge in [0.1, 0.15) is 5.75 Å². The van der Waals surface area contributed by atoms with Crippen molar-refractivity contribution < 1.29 is 23.8 Å². The predicted molar refractivity (Wildman–Crippen MR) is 135 cm³/mol. The molecule has 3 heterocycles. The Kier molecular flexibility index (Phi) is 8.15. The molecule has 4 rings (SSSR count). The van der Waals surface area contributed by atoms with Crippen molar-refractivity contribution in [2.24, 2.45) is 4.99 Å². The van der Waals surface area contributed by atoms with E-state index < -0.39 is 12.0 Å². The number of nitrogens with zero attached hydrogens (tertiary/aromatic N) is 4. The highest BCUT2D eigenvalue weighted by Crippen LogP contribution is 2.45. The first-order chi connectivity index (χ1) is 17.0. The van der Waals surface area contributed by atoms with E-state index in [2.05, 4.69) is 9.89 Å². The molecule has 0 saturated carbocycles. The van der Waals surface area contributed by atoms with E-state index in [1.54, 1.807) is 14.2 Å². The van der Waals surface area contributed by atoms with E-state index in [0.717, 1.165) is 36.1 Å². The zero-order valence-corrected chi connectivity index (χ0v) is 21.5. The van der Waals surface area contributed by atoms with Crippen LogP contribution in [-0.4, -0.2) is 92.4 Å². The van der Waals surface area contributed by atoms with Crippen molar-refractivity contribution in [3.05, 3.63) is 52.2 Å². The number of amidine groups is 1. The van der Waals surface area contributed by atoms with Crippen LogP contribution in [0.2, 0.25) is 0 Å². The molecule has 1 fully saturated rings. The number of amides is 1. The van der Waals surface area contributed by atoms with Gasteiger partial charge >= 0.3 is 5.97 Å². The lowest BCUT2D eigenvalue weighted by Crippen LogP contribution is -2.49. The number of thioether (sulfide) groups is 1. The number of hydrogen-bond donors (Lipinski definition) is 0. The fraction of sp³-hybridized carbons (Fsp3) is 0.480. The molecule has 35 heavy (non-hydrogen) atoms. The molecule has 3 aliphatic heterocycles. The zero-order valence-electron chi connectivity index (χ0n) is 20.7. The summed E-state index contributed by atoms with van der Waals surface area (Å²) in [5.41, 5.74) is 2.75. The van der Waals surface area contributed by atoms with Gasteiger partial charge < -0.3 is 24.0 Å². The van der Waals surface area contributed by atoms with Crippen LogP contribution in [-0.2, 0) is 19.1 Å². The lowest BCUT2D eigenvalue weighted by Gasteiger charge is -2.38. The summed E-state index contributed by atoms with van der Waals surface area (Å²) in [5.74, 6) is 0.320. The molecule has 0 radical (unpaired) electrons. The van der Waals surface area contributed by atoms with Gasteiger partial charge in [0, 0.05) is 45.5 Å².